The average Bonchev–Trinajstić information content (AvgIpc) is 2.79. The van der Waals surface area contributed by atoms with E-state index in [9.17, 15) is 24.9 Å². The maximum Gasteiger partial charge on any atom is 0.424 e. The number of carbonyl (C=O) groups is 2. The summed E-state index contributed by atoms with van der Waals surface area (Å²) in [5.41, 5.74) is 0. The maximum atomic E-state index is 11.8. The van der Waals surface area contributed by atoms with E-state index in [2.05, 4.69) is 5.32 Å². The van der Waals surface area contributed by atoms with E-state index in [0.717, 1.165) is 9.80 Å². The van der Waals surface area contributed by atoms with Crippen LogP contribution in [0.3, 0.4) is 0 Å². The Hall–Kier alpha value is -1.46. The van der Waals surface area contributed by atoms with Crippen LogP contribution in [0.25, 0.3) is 0 Å². The summed E-state index contributed by atoms with van der Waals surface area (Å²) in [6.45, 7) is -2.79. The lowest BCUT2D eigenvalue weighted by molar-refractivity contribution is -0.913. The molecular weight excluding hydrogens is 248 g/mol. The Labute approximate surface area is 102 Å². The Morgan fingerprint density at radius 3 is 2.06 bits per heavy atom. The van der Waals surface area contributed by atoms with Gasteiger partial charge in [-0.25, -0.2) is 14.5 Å². The molecule has 2 heterocycles. The van der Waals surface area contributed by atoms with Gasteiger partial charge >= 0.3 is 12.1 Å². The molecule has 5 N–H and O–H groups in total. The van der Waals surface area contributed by atoms with Gasteiger partial charge in [-0.05, 0) is 0 Å². The average molecular weight is 263 g/mol. The van der Waals surface area contributed by atoms with Gasteiger partial charge in [0.15, 0.2) is 19.6 Å². The van der Waals surface area contributed by atoms with E-state index in [4.69, 9.17) is 5.11 Å². The second kappa shape index (κ2) is 4.33. The van der Waals surface area contributed by atoms with E-state index in [-0.39, 0.29) is 0 Å². The largest absolute Gasteiger partial charge is 0.424 e. The minimum Gasteiger partial charge on any atom is -0.376 e. The summed E-state index contributed by atoms with van der Waals surface area (Å²) in [6, 6.07) is -1.36. The van der Waals surface area contributed by atoms with E-state index in [1.807, 2.05) is 0 Å². The monoisotopic (exact) mass is 263 g/mol. The lowest BCUT2D eigenvalue weighted by Gasteiger charge is -2.33. The number of nitrogens with one attached hydrogen (secondary N) is 1. The topological polar surface area (TPSA) is 134 Å². The van der Waals surface area contributed by atoms with Crippen molar-refractivity contribution in [2.75, 3.05) is 26.9 Å². The van der Waals surface area contributed by atoms with Gasteiger partial charge < -0.3 is 20.4 Å². The Bertz CT molecular complexity index is 371. The fourth-order valence-electron chi connectivity index (χ4n) is 2.43. The number of rotatable bonds is 4. The molecule has 4 amide bonds. The fraction of sp³-hybridized carbons (Fsp3) is 0.750. The molecule has 102 valence electrons. The highest BCUT2D eigenvalue weighted by Gasteiger charge is 2.65. The van der Waals surface area contributed by atoms with Crippen LogP contribution in [0.5, 0.6) is 0 Å². The molecule has 0 radical (unpaired) electrons. The molecular formula is C8H15N4O6+. The number of hydrogen-bond donors (Lipinski definition) is 5. The zero-order chi connectivity index (χ0) is 13.5. The van der Waals surface area contributed by atoms with Crippen molar-refractivity contribution in [2.45, 2.75) is 12.3 Å². The highest BCUT2D eigenvalue weighted by molar-refractivity contribution is 5.81. The molecule has 2 saturated heterocycles. The third kappa shape index (κ3) is 1.34. The van der Waals surface area contributed by atoms with Gasteiger partial charge in [0.2, 0.25) is 6.17 Å². The molecule has 0 aromatic rings. The van der Waals surface area contributed by atoms with Crippen LogP contribution in [-0.2, 0) is 0 Å². The lowest BCUT2D eigenvalue weighted by Crippen LogP contribution is -2.62. The molecule has 0 saturated carbocycles. The molecule has 18 heavy (non-hydrogen) atoms. The summed E-state index contributed by atoms with van der Waals surface area (Å²) >= 11 is 0. The Kier molecular flexibility index (Phi) is 3.12. The first kappa shape index (κ1) is 13.0. The molecule has 0 aliphatic carbocycles. The number of urea groups is 2. The molecule has 2 rings (SSSR count). The summed E-state index contributed by atoms with van der Waals surface area (Å²) in [5, 5.41) is 39.4. The van der Waals surface area contributed by atoms with Crippen LogP contribution in [-0.4, -0.2) is 86.0 Å². The second-order valence-electron chi connectivity index (χ2n) is 4.13. The van der Waals surface area contributed by atoms with Crippen molar-refractivity contribution in [2.24, 2.45) is 0 Å². The first-order valence-corrected chi connectivity index (χ1v) is 5.26. The SMILES string of the molecule is O=C1N(CO)C2NC(=O)[N+](CO)(CO)C2N1CO. The molecule has 2 aliphatic heterocycles. The van der Waals surface area contributed by atoms with E-state index >= 15 is 0 Å². The summed E-state index contributed by atoms with van der Waals surface area (Å²) in [4.78, 5) is 25.5. The van der Waals surface area contributed by atoms with Crippen LogP contribution in [0.15, 0.2) is 0 Å². The van der Waals surface area contributed by atoms with Gasteiger partial charge in [0, 0.05) is 0 Å². The van der Waals surface area contributed by atoms with E-state index < -0.39 is 55.8 Å². The van der Waals surface area contributed by atoms with Crippen molar-refractivity contribution in [1.82, 2.24) is 15.1 Å². The summed E-state index contributed by atoms with van der Waals surface area (Å²) < 4.78 is -0.826. The molecule has 0 aromatic carbocycles. The molecule has 2 fully saturated rings. The van der Waals surface area contributed by atoms with Gasteiger partial charge in [-0.15, -0.1) is 0 Å². The van der Waals surface area contributed by atoms with Crippen LogP contribution >= 0.6 is 0 Å². The molecule has 2 atom stereocenters. The zero-order valence-corrected chi connectivity index (χ0v) is 9.43. The van der Waals surface area contributed by atoms with E-state index in [1.165, 1.54) is 0 Å². The van der Waals surface area contributed by atoms with Crippen LogP contribution in [0.1, 0.15) is 0 Å². The number of carbonyl (C=O) groups excluding carboxylic acids is 2. The maximum absolute atomic E-state index is 11.8. The number of aliphatic hydroxyl groups excluding tert-OH is 4. The number of hydrogen-bond acceptors (Lipinski definition) is 6. The first-order valence-electron chi connectivity index (χ1n) is 5.26. The normalized spacial score (nSPS) is 29.8. The minimum atomic E-state index is -0.989. The Morgan fingerprint density at radius 1 is 1.06 bits per heavy atom. The molecule has 0 bridgehead atoms. The number of fused-ring (bicyclic) bond motifs is 1. The van der Waals surface area contributed by atoms with Crippen molar-refractivity contribution in [3.8, 4) is 0 Å². The highest BCUT2D eigenvalue weighted by Crippen LogP contribution is 2.33. The van der Waals surface area contributed by atoms with E-state index in [1.54, 1.807) is 0 Å². The molecule has 0 spiro atoms. The Morgan fingerprint density at radius 2 is 1.61 bits per heavy atom. The minimum absolute atomic E-state index is 0.645. The molecule has 0 aromatic heterocycles. The summed E-state index contributed by atoms with van der Waals surface area (Å²) in [5.74, 6) is 0. The quantitative estimate of drug-likeness (QED) is 0.338. The standard InChI is InChI=1S/C8H14N4O6/c13-1-10-5-6(11(2-14)8(10)18)12(3-15,4-16)7(17)9-5/h5-6,13-16H,1-4H2/p+1. The number of amides is 4. The molecule has 10 heteroatoms. The smallest absolute Gasteiger partial charge is 0.376 e. The first-order chi connectivity index (χ1) is 8.57. The molecule has 10 nitrogen and oxygen atoms in total. The summed E-state index contributed by atoms with van der Waals surface area (Å²) in [6.07, 6.45) is -1.89. The van der Waals surface area contributed by atoms with Crippen molar-refractivity contribution in [3.05, 3.63) is 0 Å². The molecule has 2 aliphatic rings. The highest BCUT2D eigenvalue weighted by atomic mass is 16.3. The summed E-state index contributed by atoms with van der Waals surface area (Å²) in [7, 11) is 0. The number of quaternary nitrogens is 1. The number of aliphatic hydroxyl groups is 4. The van der Waals surface area contributed by atoms with Crippen molar-refractivity contribution < 1.29 is 34.5 Å². The van der Waals surface area contributed by atoms with Crippen LogP contribution in [0, 0.1) is 0 Å². The predicted molar refractivity (Wildman–Crippen MR) is 53.8 cm³/mol. The van der Waals surface area contributed by atoms with Gasteiger partial charge in [0.25, 0.3) is 0 Å². The zero-order valence-electron chi connectivity index (χ0n) is 9.43. The van der Waals surface area contributed by atoms with Crippen LogP contribution < -0.4 is 5.32 Å². The number of nitrogens with zero attached hydrogens (tertiary/aromatic N) is 3. The fourth-order valence-corrected chi connectivity index (χ4v) is 2.43. The predicted octanol–water partition coefficient (Wildman–Crippen LogP) is -3.28. The van der Waals surface area contributed by atoms with Crippen LogP contribution in [0.2, 0.25) is 0 Å². The van der Waals surface area contributed by atoms with Gasteiger partial charge in [0.05, 0.1) is 0 Å². The Balaban J connectivity index is 2.44. The van der Waals surface area contributed by atoms with Crippen molar-refractivity contribution >= 4 is 12.1 Å². The van der Waals surface area contributed by atoms with Crippen molar-refractivity contribution in [3.63, 3.8) is 0 Å². The second-order valence-corrected chi connectivity index (χ2v) is 4.13. The van der Waals surface area contributed by atoms with Gasteiger partial charge in [-0.2, -0.15) is 4.48 Å². The van der Waals surface area contributed by atoms with Gasteiger partial charge in [-0.1, -0.05) is 0 Å². The third-order valence-electron chi connectivity index (χ3n) is 3.42. The van der Waals surface area contributed by atoms with Crippen LogP contribution in [0.4, 0.5) is 9.59 Å². The van der Waals surface area contributed by atoms with Gasteiger partial charge in [-0.3, -0.25) is 10.2 Å². The van der Waals surface area contributed by atoms with E-state index in [0.29, 0.717) is 0 Å². The van der Waals surface area contributed by atoms with Crippen molar-refractivity contribution in [1.29, 1.82) is 0 Å². The van der Waals surface area contributed by atoms with Gasteiger partial charge in [0.1, 0.15) is 13.5 Å². The lowest BCUT2D eigenvalue weighted by atomic mass is 10.3. The third-order valence-corrected chi connectivity index (χ3v) is 3.42. The molecule has 2 unspecified atom stereocenters.